The van der Waals surface area contributed by atoms with Gasteiger partial charge in [0.05, 0.1) is 12.7 Å². The van der Waals surface area contributed by atoms with Gasteiger partial charge in [0.2, 0.25) is 0 Å². The van der Waals surface area contributed by atoms with Gasteiger partial charge < -0.3 is 9.67 Å². The molecule has 0 unspecified atom stereocenters. The third-order valence-electron chi connectivity index (χ3n) is 3.56. The standard InChI is InChI=1S/C12H18ClN3O2/c1-15-10(13)7-14-11(15)8-16-4-2-9(3-5-16)6-12(17)18/h7,9H,2-6,8H2,1H3,(H,17,18). The van der Waals surface area contributed by atoms with Gasteiger partial charge in [-0.15, -0.1) is 0 Å². The molecule has 1 saturated heterocycles. The fourth-order valence-corrected chi connectivity index (χ4v) is 2.51. The lowest BCUT2D eigenvalue weighted by Gasteiger charge is -2.30. The van der Waals surface area contributed by atoms with Crippen molar-refractivity contribution in [2.75, 3.05) is 13.1 Å². The summed E-state index contributed by atoms with van der Waals surface area (Å²) in [7, 11) is 1.90. The second-order valence-electron chi connectivity index (χ2n) is 4.87. The van der Waals surface area contributed by atoms with Crippen molar-refractivity contribution in [1.29, 1.82) is 0 Å². The monoisotopic (exact) mass is 271 g/mol. The molecule has 0 saturated carbocycles. The second-order valence-corrected chi connectivity index (χ2v) is 5.26. The van der Waals surface area contributed by atoms with Gasteiger partial charge in [-0.25, -0.2) is 4.98 Å². The Hall–Kier alpha value is -1.07. The van der Waals surface area contributed by atoms with Crippen molar-refractivity contribution < 1.29 is 9.90 Å². The summed E-state index contributed by atoms with van der Waals surface area (Å²) < 4.78 is 1.88. The predicted octanol–water partition coefficient (Wildman–Crippen LogP) is 1.76. The van der Waals surface area contributed by atoms with Crippen LogP contribution in [0.4, 0.5) is 0 Å². The minimum absolute atomic E-state index is 0.294. The number of carboxylic acid groups (broad SMARTS) is 1. The van der Waals surface area contributed by atoms with Gasteiger partial charge in [0, 0.05) is 13.5 Å². The summed E-state index contributed by atoms with van der Waals surface area (Å²) in [5, 5.41) is 9.41. The van der Waals surface area contributed by atoms with Crippen molar-refractivity contribution in [3.05, 3.63) is 17.2 Å². The number of hydrogen-bond donors (Lipinski definition) is 1. The van der Waals surface area contributed by atoms with E-state index in [1.165, 1.54) is 0 Å². The number of halogens is 1. The van der Waals surface area contributed by atoms with Crippen LogP contribution in [0.3, 0.4) is 0 Å². The topological polar surface area (TPSA) is 58.4 Å². The first-order valence-electron chi connectivity index (χ1n) is 6.16. The highest BCUT2D eigenvalue weighted by atomic mass is 35.5. The van der Waals surface area contributed by atoms with Crippen LogP contribution in [0.2, 0.25) is 5.15 Å². The molecule has 1 aromatic rings. The summed E-state index contributed by atoms with van der Waals surface area (Å²) in [6.07, 6.45) is 3.85. The Morgan fingerprint density at radius 3 is 2.72 bits per heavy atom. The van der Waals surface area contributed by atoms with Crippen molar-refractivity contribution in [1.82, 2.24) is 14.5 Å². The zero-order chi connectivity index (χ0) is 13.1. The van der Waals surface area contributed by atoms with Crippen LogP contribution in [-0.2, 0) is 18.4 Å². The first-order chi connectivity index (χ1) is 8.56. The molecule has 1 N–H and O–H groups in total. The Kier molecular flexibility index (Phi) is 4.24. The van der Waals surface area contributed by atoms with E-state index in [0.717, 1.165) is 38.3 Å². The molecule has 18 heavy (non-hydrogen) atoms. The number of imidazole rings is 1. The Morgan fingerprint density at radius 1 is 1.56 bits per heavy atom. The Morgan fingerprint density at radius 2 is 2.22 bits per heavy atom. The second kappa shape index (κ2) is 5.71. The molecule has 0 radical (unpaired) electrons. The van der Waals surface area contributed by atoms with Gasteiger partial charge in [0.15, 0.2) is 0 Å². The predicted molar refractivity (Wildman–Crippen MR) is 68.5 cm³/mol. The summed E-state index contributed by atoms with van der Waals surface area (Å²) in [5.41, 5.74) is 0. The lowest BCUT2D eigenvalue weighted by molar-refractivity contribution is -0.138. The highest BCUT2D eigenvalue weighted by Gasteiger charge is 2.22. The van der Waals surface area contributed by atoms with Crippen molar-refractivity contribution in [2.45, 2.75) is 25.8 Å². The third kappa shape index (κ3) is 3.23. The van der Waals surface area contributed by atoms with E-state index in [9.17, 15) is 4.79 Å². The van der Waals surface area contributed by atoms with E-state index in [-0.39, 0.29) is 0 Å². The van der Waals surface area contributed by atoms with Crippen LogP contribution in [0.5, 0.6) is 0 Å². The summed E-state index contributed by atoms with van der Waals surface area (Å²) in [5.74, 6) is 0.588. The molecule has 0 aromatic carbocycles. The number of rotatable bonds is 4. The fraction of sp³-hybridized carbons (Fsp3) is 0.667. The lowest BCUT2D eigenvalue weighted by atomic mass is 9.94. The summed E-state index contributed by atoms with van der Waals surface area (Å²) in [6, 6.07) is 0. The van der Waals surface area contributed by atoms with Gasteiger partial charge in [-0.05, 0) is 31.8 Å². The maximum absolute atomic E-state index is 10.6. The van der Waals surface area contributed by atoms with Crippen LogP contribution >= 0.6 is 11.6 Å². The summed E-state index contributed by atoms with van der Waals surface area (Å²) in [4.78, 5) is 17.2. The third-order valence-corrected chi connectivity index (χ3v) is 3.91. The van der Waals surface area contributed by atoms with Gasteiger partial charge in [0.25, 0.3) is 0 Å². The number of piperidine rings is 1. The van der Waals surface area contributed by atoms with Crippen LogP contribution < -0.4 is 0 Å². The van der Waals surface area contributed by atoms with Gasteiger partial charge in [-0.1, -0.05) is 11.6 Å². The van der Waals surface area contributed by atoms with E-state index >= 15 is 0 Å². The highest BCUT2D eigenvalue weighted by Crippen LogP contribution is 2.22. The minimum Gasteiger partial charge on any atom is -0.481 e. The molecule has 0 spiro atoms. The largest absolute Gasteiger partial charge is 0.481 e. The molecule has 2 rings (SSSR count). The van der Waals surface area contributed by atoms with Crippen LogP contribution in [0.15, 0.2) is 6.20 Å². The molecule has 0 bridgehead atoms. The van der Waals surface area contributed by atoms with Crippen LogP contribution in [0, 0.1) is 5.92 Å². The molecule has 1 aliphatic rings. The number of likely N-dealkylation sites (tertiary alicyclic amines) is 1. The van der Waals surface area contributed by atoms with Crippen molar-refractivity contribution >= 4 is 17.6 Å². The molecule has 1 aromatic heterocycles. The maximum Gasteiger partial charge on any atom is 0.303 e. The number of aromatic nitrogens is 2. The van der Waals surface area contributed by atoms with Crippen LogP contribution in [0.1, 0.15) is 25.1 Å². The van der Waals surface area contributed by atoms with E-state index in [2.05, 4.69) is 9.88 Å². The maximum atomic E-state index is 10.6. The first kappa shape index (κ1) is 13.4. The van der Waals surface area contributed by atoms with E-state index in [1.54, 1.807) is 6.20 Å². The molecule has 2 heterocycles. The highest BCUT2D eigenvalue weighted by molar-refractivity contribution is 6.29. The van der Waals surface area contributed by atoms with Crippen LogP contribution in [-0.4, -0.2) is 38.6 Å². The normalized spacial score (nSPS) is 18.1. The van der Waals surface area contributed by atoms with Gasteiger partial charge in [-0.3, -0.25) is 9.69 Å². The van der Waals surface area contributed by atoms with E-state index < -0.39 is 5.97 Å². The number of carbonyl (C=O) groups is 1. The van der Waals surface area contributed by atoms with Gasteiger partial charge in [0.1, 0.15) is 11.0 Å². The van der Waals surface area contributed by atoms with Gasteiger partial charge in [-0.2, -0.15) is 0 Å². The number of nitrogens with zero attached hydrogens (tertiary/aromatic N) is 3. The SMILES string of the molecule is Cn1c(Cl)cnc1CN1CCC(CC(=O)O)CC1. The fourth-order valence-electron chi connectivity index (χ4n) is 2.37. The van der Waals surface area contributed by atoms with E-state index in [0.29, 0.717) is 17.5 Å². The zero-order valence-corrected chi connectivity index (χ0v) is 11.2. The molecular weight excluding hydrogens is 254 g/mol. The zero-order valence-electron chi connectivity index (χ0n) is 10.5. The van der Waals surface area contributed by atoms with E-state index in [1.807, 2.05) is 11.6 Å². The molecule has 6 heteroatoms. The minimum atomic E-state index is -0.690. The number of aliphatic carboxylic acids is 1. The average Bonchev–Trinajstić information content (AvgIpc) is 2.63. The molecular formula is C12H18ClN3O2. The van der Waals surface area contributed by atoms with Crippen molar-refractivity contribution in [2.24, 2.45) is 13.0 Å². The van der Waals surface area contributed by atoms with E-state index in [4.69, 9.17) is 16.7 Å². The molecule has 1 aliphatic heterocycles. The molecule has 0 aliphatic carbocycles. The number of carboxylic acids is 1. The van der Waals surface area contributed by atoms with Crippen molar-refractivity contribution in [3.63, 3.8) is 0 Å². The molecule has 0 amide bonds. The summed E-state index contributed by atoms with van der Waals surface area (Å²) in [6.45, 7) is 2.65. The first-order valence-corrected chi connectivity index (χ1v) is 6.54. The molecule has 5 nitrogen and oxygen atoms in total. The molecule has 100 valence electrons. The molecule has 0 atom stereocenters. The average molecular weight is 272 g/mol. The Labute approximate surface area is 111 Å². The quantitative estimate of drug-likeness (QED) is 0.907. The smallest absolute Gasteiger partial charge is 0.303 e. The van der Waals surface area contributed by atoms with Crippen molar-refractivity contribution in [3.8, 4) is 0 Å². The lowest BCUT2D eigenvalue weighted by Crippen LogP contribution is -2.34. The summed E-state index contributed by atoms with van der Waals surface area (Å²) >= 11 is 5.94. The van der Waals surface area contributed by atoms with Gasteiger partial charge >= 0.3 is 5.97 Å². The number of hydrogen-bond acceptors (Lipinski definition) is 3. The van der Waals surface area contributed by atoms with Crippen LogP contribution in [0.25, 0.3) is 0 Å². The Bertz CT molecular complexity index is 425. The molecule has 1 fully saturated rings. The Balaban J connectivity index is 1.83.